The standard InChI is InChI=1S/C9H16N2OS/c1-3-4-7(2)12-6-8-5-11-9(10)13-8/h5,7H,3-4,6H2,1-2H3,(H2,10,11). The Kier molecular flexibility index (Phi) is 4.18. The van der Waals surface area contributed by atoms with Gasteiger partial charge in [-0.15, -0.1) is 0 Å². The Hall–Kier alpha value is -0.610. The van der Waals surface area contributed by atoms with Crippen molar-refractivity contribution >= 4 is 16.5 Å². The molecule has 3 nitrogen and oxygen atoms in total. The van der Waals surface area contributed by atoms with Crippen LogP contribution in [-0.4, -0.2) is 11.1 Å². The van der Waals surface area contributed by atoms with Gasteiger partial charge >= 0.3 is 0 Å². The van der Waals surface area contributed by atoms with Gasteiger partial charge in [0.05, 0.1) is 17.6 Å². The van der Waals surface area contributed by atoms with Crippen LogP contribution in [0.25, 0.3) is 0 Å². The van der Waals surface area contributed by atoms with E-state index in [0.29, 0.717) is 17.8 Å². The van der Waals surface area contributed by atoms with Crippen LogP contribution in [0.5, 0.6) is 0 Å². The van der Waals surface area contributed by atoms with Crippen molar-refractivity contribution in [3.8, 4) is 0 Å². The maximum Gasteiger partial charge on any atom is 0.180 e. The number of hydrogen-bond donors (Lipinski definition) is 1. The second-order valence-electron chi connectivity index (χ2n) is 3.08. The highest BCUT2D eigenvalue weighted by Crippen LogP contribution is 2.16. The first-order chi connectivity index (χ1) is 6.22. The molecular weight excluding hydrogens is 184 g/mol. The molecule has 0 bridgehead atoms. The van der Waals surface area contributed by atoms with Crippen molar-refractivity contribution in [1.82, 2.24) is 4.98 Å². The number of nitrogens with two attached hydrogens (primary N) is 1. The summed E-state index contributed by atoms with van der Waals surface area (Å²) in [6.45, 7) is 4.88. The smallest absolute Gasteiger partial charge is 0.180 e. The van der Waals surface area contributed by atoms with E-state index < -0.39 is 0 Å². The number of nitrogen functional groups attached to an aromatic ring is 1. The van der Waals surface area contributed by atoms with Crippen molar-refractivity contribution in [2.24, 2.45) is 0 Å². The molecule has 0 aliphatic carbocycles. The second kappa shape index (κ2) is 5.19. The molecule has 0 aromatic carbocycles. The van der Waals surface area contributed by atoms with Crippen LogP contribution in [0, 0.1) is 0 Å². The lowest BCUT2D eigenvalue weighted by atomic mass is 10.2. The highest BCUT2D eigenvalue weighted by Gasteiger charge is 2.03. The molecule has 1 rings (SSSR count). The highest BCUT2D eigenvalue weighted by molar-refractivity contribution is 7.15. The Labute approximate surface area is 82.9 Å². The summed E-state index contributed by atoms with van der Waals surface area (Å²) < 4.78 is 5.60. The van der Waals surface area contributed by atoms with E-state index in [-0.39, 0.29) is 0 Å². The summed E-state index contributed by atoms with van der Waals surface area (Å²) in [7, 11) is 0. The van der Waals surface area contributed by atoms with E-state index in [1.807, 2.05) is 0 Å². The zero-order valence-electron chi connectivity index (χ0n) is 8.12. The monoisotopic (exact) mass is 200 g/mol. The molecule has 13 heavy (non-hydrogen) atoms. The molecule has 0 radical (unpaired) electrons. The zero-order chi connectivity index (χ0) is 9.68. The quantitative estimate of drug-likeness (QED) is 0.794. The van der Waals surface area contributed by atoms with Crippen LogP contribution in [0.4, 0.5) is 5.13 Å². The minimum Gasteiger partial charge on any atom is -0.375 e. The maximum atomic E-state index is 5.60. The Bertz CT molecular complexity index is 250. The summed E-state index contributed by atoms with van der Waals surface area (Å²) in [5.74, 6) is 0. The van der Waals surface area contributed by atoms with Gasteiger partial charge in [-0.3, -0.25) is 0 Å². The van der Waals surface area contributed by atoms with Crippen LogP contribution in [0.2, 0.25) is 0 Å². The first-order valence-electron chi connectivity index (χ1n) is 4.54. The van der Waals surface area contributed by atoms with E-state index in [1.165, 1.54) is 11.3 Å². The summed E-state index contributed by atoms with van der Waals surface area (Å²) in [6.07, 6.45) is 4.37. The predicted octanol–water partition coefficient (Wildman–Crippen LogP) is 2.43. The third-order valence-corrected chi connectivity index (χ3v) is 2.58. The third-order valence-electron chi connectivity index (χ3n) is 1.78. The summed E-state index contributed by atoms with van der Waals surface area (Å²) in [6, 6.07) is 0. The number of anilines is 1. The van der Waals surface area contributed by atoms with E-state index in [4.69, 9.17) is 10.5 Å². The summed E-state index contributed by atoms with van der Waals surface area (Å²) in [5, 5.41) is 0.613. The molecule has 0 amide bonds. The molecular formula is C9H16N2OS. The summed E-state index contributed by atoms with van der Waals surface area (Å²) >= 11 is 1.49. The van der Waals surface area contributed by atoms with Crippen molar-refractivity contribution in [1.29, 1.82) is 0 Å². The van der Waals surface area contributed by atoms with E-state index in [9.17, 15) is 0 Å². The predicted molar refractivity (Wildman–Crippen MR) is 55.7 cm³/mol. The van der Waals surface area contributed by atoms with E-state index in [1.54, 1.807) is 6.20 Å². The molecule has 0 saturated heterocycles. The maximum absolute atomic E-state index is 5.60. The van der Waals surface area contributed by atoms with Gasteiger partial charge in [0.15, 0.2) is 5.13 Å². The fraction of sp³-hybridized carbons (Fsp3) is 0.667. The zero-order valence-corrected chi connectivity index (χ0v) is 8.93. The Morgan fingerprint density at radius 1 is 1.69 bits per heavy atom. The number of hydrogen-bond acceptors (Lipinski definition) is 4. The van der Waals surface area contributed by atoms with Gasteiger partial charge in [0.1, 0.15) is 0 Å². The minimum atomic E-state index is 0.327. The second-order valence-corrected chi connectivity index (χ2v) is 4.22. The number of thiazole rings is 1. The number of ether oxygens (including phenoxy) is 1. The molecule has 0 fully saturated rings. The average Bonchev–Trinajstić information content (AvgIpc) is 2.49. The lowest BCUT2D eigenvalue weighted by molar-refractivity contribution is 0.0487. The Balaban J connectivity index is 2.26. The van der Waals surface area contributed by atoms with Gasteiger partial charge in [0.2, 0.25) is 0 Å². The number of nitrogens with zero attached hydrogens (tertiary/aromatic N) is 1. The van der Waals surface area contributed by atoms with Gasteiger partial charge in [-0.2, -0.15) is 0 Å². The molecule has 1 aromatic rings. The molecule has 1 aromatic heterocycles. The molecule has 0 saturated carbocycles. The molecule has 0 spiro atoms. The molecule has 4 heteroatoms. The van der Waals surface area contributed by atoms with Crippen LogP contribution in [-0.2, 0) is 11.3 Å². The lowest BCUT2D eigenvalue weighted by Crippen LogP contribution is -2.06. The number of rotatable bonds is 5. The summed E-state index contributed by atoms with van der Waals surface area (Å²) in [5.41, 5.74) is 5.50. The third kappa shape index (κ3) is 3.74. The van der Waals surface area contributed by atoms with Crippen LogP contribution >= 0.6 is 11.3 Å². The van der Waals surface area contributed by atoms with Crippen molar-refractivity contribution in [3.63, 3.8) is 0 Å². The highest BCUT2D eigenvalue weighted by atomic mass is 32.1. The lowest BCUT2D eigenvalue weighted by Gasteiger charge is -2.09. The van der Waals surface area contributed by atoms with Gasteiger partial charge in [0.25, 0.3) is 0 Å². The first-order valence-corrected chi connectivity index (χ1v) is 5.35. The Morgan fingerprint density at radius 3 is 3.00 bits per heavy atom. The van der Waals surface area contributed by atoms with Gasteiger partial charge in [0, 0.05) is 6.20 Å². The fourth-order valence-corrected chi connectivity index (χ4v) is 1.71. The van der Waals surface area contributed by atoms with Gasteiger partial charge < -0.3 is 10.5 Å². The van der Waals surface area contributed by atoms with Gasteiger partial charge in [-0.25, -0.2) is 4.98 Å². The van der Waals surface area contributed by atoms with E-state index in [0.717, 1.165) is 17.7 Å². The molecule has 1 heterocycles. The molecule has 1 unspecified atom stereocenters. The van der Waals surface area contributed by atoms with Crippen LogP contribution in [0.15, 0.2) is 6.20 Å². The van der Waals surface area contributed by atoms with Crippen LogP contribution in [0.1, 0.15) is 31.6 Å². The minimum absolute atomic E-state index is 0.327. The van der Waals surface area contributed by atoms with E-state index in [2.05, 4.69) is 18.8 Å². The molecule has 74 valence electrons. The topological polar surface area (TPSA) is 48.1 Å². The van der Waals surface area contributed by atoms with Crippen LogP contribution in [0.3, 0.4) is 0 Å². The number of aromatic nitrogens is 1. The summed E-state index contributed by atoms with van der Waals surface area (Å²) in [4.78, 5) is 5.05. The largest absolute Gasteiger partial charge is 0.375 e. The van der Waals surface area contributed by atoms with E-state index >= 15 is 0 Å². The normalized spacial score (nSPS) is 13.1. The van der Waals surface area contributed by atoms with Crippen LogP contribution < -0.4 is 5.73 Å². The molecule has 0 aliphatic heterocycles. The van der Waals surface area contributed by atoms with Crippen molar-refractivity contribution in [3.05, 3.63) is 11.1 Å². The fourth-order valence-electron chi connectivity index (χ4n) is 1.10. The Morgan fingerprint density at radius 2 is 2.46 bits per heavy atom. The van der Waals surface area contributed by atoms with Crippen molar-refractivity contribution < 1.29 is 4.74 Å². The van der Waals surface area contributed by atoms with Gasteiger partial charge in [-0.1, -0.05) is 24.7 Å². The van der Waals surface area contributed by atoms with Crippen molar-refractivity contribution in [2.45, 2.75) is 39.4 Å². The molecule has 0 aliphatic rings. The first kappa shape index (κ1) is 10.5. The van der Waals surface area contributed by atoms with Gasteiger partial charge in [-0.05, 0) is 13.3 Å². The molecule has 2 N–H and O–H groups in total. The molecule has 1 atom stereocenters. The van der Waals surface area contributed by atoms with Crippen molar-refractivity contribution in [2.75, 3.05) is 5.73 Å². The average molecular weight is 200 g/mol. The SMILES string of the molecule is CCCC(C)OCc1cnc(N)s1.